The standard InChI is InChI=1S/C13H11N3O3S/c14-8-12(9-16-13-5-1-2-6-15-13)20(17,18)10-11-4-3-7-19-11/h1-7,9H,10H2,(H,15,16)/b12-9+. The summed E-state index contributed by atoms with van der Waals surface area (Å²) in [6, 6.07) is 9.93. The fourth-order valence-corrected chi connectivity index (χ4v) is 2.51. The average Bonchev–Trinajstić information content (AvgIpc) is 2.92. The van der Waals surface area contributed by atoms with E-state index in [9.17, 15) is 8.42 Å². The SMILES string of the molecule is N#C/C(=C\Nc1ccccn1)S(=O)(=O)Cc1ccco1. The molecule has 102 valence electrons. The first-order chi connectivity index (χ1) is 9.62. The van der Waals surface area contributed by atoms with Gasteiger partial charge in [-0.25, -0.2) is 13.4 Å². The molecule has 2 aromatic heterocycles. The quantitative estimate of drug-likeness (QED) is 0.846. The van der Waals surface area contributed by atoms with Crippen molar-refractivity contribution in [2.75, 3.05) is 5.32 Å². The summed E-state index contributed by atoms with van der Waals surface area (Å²) in [5.41, 5.74) is 0. The Morgan fingerprint density at radius 3 is 2.85 bits per heavy atom. The lowest BCUT2D eigenvalue weighted by Gasteiger charge is -2.02. The van der Waals surface area contributed by atoms with Gasteiger partial charge in [0.25, 0.3) is 0 Å². The lowest BCUT2D eigenvalue weighted by atomic mass is 10.5. The zero-order chi connectivity index (χ0) is 14.4. The smallest absolute Gasteiger partial charge is 0.197 e. The Labute approximate surface area is 116 Å². The third-order valence-corrected chi connectivity index (χ3v) is 3.92. The molecule has 0 atom stereocenters. The Morgan fingerprint density at radius 1 is 1.40 bits per heavy atom. The number of rotatable bonds is 5. The van der Waals surface area contributed by atoms with E-state index in [4.69, 9.17) is 9.68 Å². The molecule has 7 heteroatoms. The number of hydrogen-bond acceptors (Lipinski definition) is 6. The minimum absolute atomic E-state index is 0.281. The highest BCUT2D eigenvalue weighted by atomic mass is 32.2. The van der Waals surface area contributed by atoms with Crippen LogP contribution >= 0.6 is 0 Å². The van der Waals surface area contributed by atoms with Crippen LogP contribution < -0.4 is 5.32 Å². The number of nitrogens with zero attached hydrogens (tertiary/aromatic N) is 2. The maximum absolute atomic E-state index is 12.0. The molecule has 0 unspecified atom stereocenters. The monoisotopic (exact) mass is 289 g/mol. The van der Waals surface area contributed by atoms with Crippen LogP contribution in [-0.4, -0.2) is 13.4 Å². The maximum Gasteiger partial charge on any atom is 0.197 e. The fraction of sp³-hybridized carbons (Fsp3) is 0.0769. The van der Waals surface area contributed by atoms with Gasteiger partial charge in [-0.1, -0.05) is 6.07 Å². The average molecular weight is 289 g/mol. The Hall–Kier alpha value is -2.59. The van der Waals surface area contributed by atoms with Crippen LogP contribution in [0.1, 0.15) is 5.76 Å². The van der Waals surface area contributed by atoms with Crippen molar-refractivity contribution in [1.29, 1.82) is 5.26 Å². The summed E-state index contributed by atoms with van der Waals surface area (Å²) in [4.78, 5) is 3.59. The topological polar surface area (TPSA) is 96.0 Å². The largest absolute Gasteiger partial charge is 0.468 e. The van der Waals surface area contributed by atoms with Crippen molar-refractivity contribution >= 4 is 15.7 Å². The van der Waals surface area contributed by atoms with Crippen molar-refractivity contribution in [3.05, 3.63) is 59.7 Å². The Bertz CT molecular complexity index is 729. The molecule has 20 heavy (non-hydrogen) atoms. The van der Waals surface area contributed by atoms with E-state index in [-0.39, 0.29) is 16.4 Å². The summed E-state index contributed by atoms with van der Waals surface area (Å²) in [5.74, 6) is 0.376. The number of allylic oxidation sites excluding steroid dienone is 1. The van der Waals surface area contributed by atoms with E-state index in [1.165, 1.54) is 6.26 Å². The minimum atomic E-state index is -3.75. The van der Waals surface area contributed by atoms with Gasteiger partial charge in [-0.3, -0.25) is 0 Å². The van der Waals surface area contributed by atoms with Crippen molar-refractivity contribution in [1.82, 2.24) is 4.98 Å². The molecule has 0 saturated carbocycles. The number of sulfone groups is 1. The van der Waals surface area contributed by atoms with E-state index in [0.29, 0.717) is 5.82 Å². The Morgan fingerprint density at radius 2 is 2.25 bits per heavy atom. The Balaban J connectivity index is 2.17. The molecular weight excluding hydrogens is 278 g/mol. The normalized spacial score (nSPS) is 11.8. The second-order valence-corrected chi connectivity index (χ2v) is 5.78. The first kappa shape index (κ1) is 13.8. The first-order valence-electron chi connectivity index (χ1n) is 5.65. The van der Waals surface area contributed by atoms with Crippen molar-refractivity contribution in [2.24, 2.45) is 0 Å². The third kappa shape index (κ3) is 3.46. The molecule has 2 rings (SSSR count). The highest BCUT2D eigenvalue weighted by Crippen LogP contribution is 2.14. The van der Waals surface area contributed by atoms with Crippen LogP contribution in [0.2, 0.25) is 0 Å². The molecule has 2 aromatic rings. The van der Waals surface area contributed by atoms with Gasteiger partial charge in [-0.2, -0.15) is 5.26 Å². The number of nitriles is 1. The molecule has 0 fully saturated rings. The maximum atomic E-state index is 12.0. The van der Waals surface area contributed by atoms with E-state index in [1.807, 2.05) is 0 Å². The van der Waals surface area contributed by atoms with Gasteiger partial charge in [0.1, 0.15) is 23.4 Å². The fourth-order valence-electron chi connectivity index (χ4n) is 1.44. The van der Waals surface area contributed by atoms with Crippen molar-refractivity contribution in [3.63, 3.8) is 0 Å². The van der Waals surface area contributed by atoms with Crippen LogP contribution in [0.15, 0.2) is 58.3 Å². The van der Waals surface area contributed by atoms with E-state index in [2.05, 4.69) is 10.3 Å². The minimum Gasteiger partial charge on any atom is -0.468 e. The molecule has 6 nitrogen and oxygen atoms in total. The van der Waals surface area contributed by atoms with Gasteiger partial charge < -0.3 is 9.73 Å². The molecule has 0 radical (unpaired) electrons. The van der Waals surface area contributed by atoms with E-state index in [1.54, 1.807) is 42.6 Å². The number of pyridine rings is 1. The summed E-state index contributed by atoms with van der Waals surface area (Å²) in [6.45, 7) is 0. The van der Waals surface area contributed by atoms with Crippen molar-refractivity contribution in [2.45, 2.75) is 5.75 Å². The van der Waals surface area contributed by atoms with Gasteiger partial charge in [0.2, 0.25) is 0 Å². The highest BCUT2D eigenvalue weighted by molar-refractivity contribution is 7.94. The summed E-state index contributed by atoms with van der Waals surface area (Å²) < 4.78 is 29.1. The number of anilines is 1. The van der Waals surface area contributed by atoms with E-state index < -0.39 is 9.84 Å². The zero-order valence-corrected chi connectivity index (χ0v) is 11.2. The van der Waals surface area contributed by atoms with Crippen LogP contribution in [0.25, 0.3) is 0 Å². The Kier molecular flexibility index (Phi) is 4.17. The lowest BCUT2D eigenvalue weighted by molar-refractivity contribution is 0.522. The third-order valence-electron chi connectivity index (χ3n) is 2.37. The van der Waals surface area contributed by atoms with Crippen LogP contribution in [0.3, 0.4) is 0 Å². The van der Waals surface area contributed by atoms with Crippen LogP contribution in [0, 0.1) is 11.3 Å². The predicted molar refractivity (Wildman–Crippen MR) is 72.9 cm³/mol. The van der Waals surface area contributed by atoms with Gasteiger partial charge in [0.15, 0.2) is 14.7 Å². The molecule has 0 aliphatic carbocycles. The molecule has 0 bridgehead atoms. The van der Waals surface area contributed by atoms with Crippen LogP contribution in [0.5, 0.6) is 0 Å². The van der Waals surface area contributed by atoms with Crippen LogP contribution in [0.4, 0.5) is 5.82 Å². The van der Waals surface area contributed by atoms with Crippen molar-refractivity contribution in [3.8, 4) is 6.07 Å². The summed E-state index contributed by atoms with van der Waals surface area (Å²) >= 11 is 0. The molecule has 0 saturated heterocycles. The number of hydrogen-bond donors (Lipinski definition) is 1. The molecular formula is C13H11N3O3S. The molecule has 0 aromatic carbocycles. The number of nitrogens with one attached hydrogen (secondary N) is 1. The molecule has 0 amide bonds. The van der Waals surface area contributed by atoms with Gasteiger partial charge in [0, 0.05) is 12.4 Å². The lowest BCUT2D eigenvalue weighted by Crippen LogP contribution is -2.07. The molecule has 2 heterocycles. The van der Waals surface area contributed by atoms with E-state index >= 15 is 0 Å². The van der Waals surface area contributed by atoms with Crippen molar-refractivity contribution < 1.29 is 12.8 Å². The highest BCUT2D eigenvalue weighted by Gasteiger charge is 2.20. The zero-order valence-electron chi connectivity index (χ0n) is 10.4. The van der Waals surface area contributed by atoms with Gasteiger partial charge in [0.05, 0.1) is 6.26 Å². The predicted octanol–water partition coefficient (Wildman–Crippen LogP) is 2.07. The second-order valence-electron chi connectivity index (χ2n) is 3.82. The summed E-state index contributed by atoms with van der Waals surface area (Å²) in [7, 11) is -3.75. The van der Waals surface area contributed by atoms with Crippen LogP contribution in [-0.2, 0) is 15.6 Å². The number of furan rings is 1. The molecule has 0 aliphatic heterocycles. The molecule has 1 N–H and O–H groups in total. The second kappa shape index (κ2) is 6.04. The molecule has 0 aliphatic rings. The van der Waals surface area contributed by atoms with Gasteiger partial charge >= 0.3 is 0 Å². The summed E-state index contributed by atoms with van der Waals surface area (Å²) in [5, 5.41) is 11.7. The summed E-state index contributed by atoms with van der Waals surface area (Å²) in [6.07, 6.45) is 4.06. The van der Waals surface area contributed by atoms with Gasteiger partial charge in [-0.05, 0) is 24.3 Å². The molecule has 0 spiro atoms. The van der Waals surface area contributed by atoms with E-state index in [0.717, 1.165) is 6.20 Å². The number of aromatic nitrogens is 1. The van der Waals surface area contributed by atoms with Gasteiger partial charge in [-0.15, -0.1) is 0 Å². The first-order valence-corrected chi connectivity index (χ1v) is 7.30.